The van der Waals surface area contributed by atoms with Crippen LogP contribution in [0.15, 0.2) is 97.2 Å². The zero-order chi connectivity index (χ0) is 39.8. The van der Waals surface area contributed by atoms with Crippen molar-refractivity contribution < 1.29 is 42.7 Å². The van der Waals surface area contributed by atoms with Gasteiger partial charge in [-0.05, 0) is 83.5 Å². The molecule has 10 nitrogen and oxygen atoms in total. The third-order valence-electron chi connectivity index (χ3n) is 7.61. The average Bonchev–Trinajstić information content (AvgIpc) is 3.16. The van der Waals surface area contributed by atoms with E-state index in [9.17, 15) is 24.2 Å². The molecule has 0 saturated carbocycles. The number of esters is 2. The number of unbranched alkanes of at least 4 members (excludes halogenated alkanes) is 6. The fourth-order valence-electron chi connectivity index (χ4n) is 4.51. The minimum Gasteiger partial charge on any atom is -0.462 e. The van der Waals surface area contributed by atoms with Gasteiger partial charge in [0.2, 0.25) is 0 Å². The smallest absolute Gasteiger partial charge is 0.462 e. The van der Waals surface area contributed by atoms with Crippen molar-refractivity contribution in [2.24, 2.45) is 5.73 Å². The molecule has 0 amide bonds. The van der Waals surface area contributed by atoms with Crippen molar-refractivity contribution >= 4 is 19.8 Å². The molecule has 11 heteroatoms. The number of phosphoric acid groups is 1. The Kier molecular flexibility index (Phi) is 36.0. The van der Waals surface area contributed by atoms with Crippen LogP contribution in [-0.2, 0) is 32.7 Å². The van der Waals surface area contributed by atoms with Crippen LogP contribution in [0.4, 0.5) is 0 Å². The summed E-state index contributed by atoms with van der Waals surface area (Å²) in [6, 6.07) is 0. The highest BCUT2D eigenvalue weighted by molar-refractivity contribution is 7.47. The zero-order valence-electron chi connectivity index (χ0n) is 33.0. The van der Waals surface area contributed by atoms with E-state index < -0.39 is 32.5 Å². The topological polar surface area (TPSA) is 155 Å². The number of carbonyl (C=O) groups is 2. The summed E-state index contributed by atoms with van der Waals surface area (Å²) in [5, 5.41) is 9.46. The predicted molar refractivity (Wildman–Crippen MR) is 221 cm³/mol. The molecule has 1 unspecified atom stereocenters. The van der Waals surface area contributed by atoms with Gasteiger partial charge in [0.15, 0.2) is 6.10 Å². The molecule has 0 aliphatic rings. The van der Waals surface area contributed by atoms with Crippen LogP contribution in [-0.4, -0.2) is 60.5 Å². The molecule has 0 heterocycles. The monoisotopic (exact) mass is 775 g/mol. The fourth-order valence-corrected chi connectivity index (χ4v) is 5.27. The lowest BCUT2D eigenvalue weighted by molar-refractivity contribution is -0.161. The first-order valence-corrected chi connectivity index (χ1v) is 21.3. The molecular formula is C43H70NO9P. The number of rotatable bonds is 35. The second-order valence-electron chi connectivity index (χ2n) is 12.6. The van der Waals surface area contributed by atoms with Crippen LogP contribution in [0.3, 0.4) is 0 Å². The van der Waals surface area contributed by atoms with Gasteiger partial charge >= 0.3 is 19.8 Å². The number of aliphatic hydroxyl groups excluding tert-OH is 1. The van der Waals surface area contributed by atoms with Crippen molar-refractivity contribution in [1.29, 1.82) is 0 Å². The summed E-state index contributed by atoms with van der Waals surface area (Å²) in [6.07, 6.45) is 45.4. The highest BCUT2D eigenvalue weighted by Crippen LogP contribution is 2.43. The second kappa shape index (κ2) is 38.2. The molecule has 306 valence electrons. The largest absolute Gasteiger partial charge is 0.472 e. The zero-order valence-corrected chi connectivity index (χ0v) is 33.9. The van der Waals surface area contributed by atoms with Gasteiger partial charge < -0.3 is 25.2 Å². The van der Waals surface area contributed by atoms with Gasteiger partial charge in [-0.1, -0.05) is 124 Å². The maximum Gasteiger partial charge on any atom is 0.472 e. The van der Waals surface area contributed by atoms with Crippen LogP contribution in [0.2, 0.25) is 0 Å². The average molecular weight is 776 g/mol. The van der Waals surface area contributed by atoms with Gasteiger partial charge in [0.1, 0.15) is 6.61 Å². The minimum absolute atomic E-state index is 0.0275. The van der Waals surface area contributed by atoms with Gasteiger partial charge in [-0.2, -0.15) is 0 Å². The van der Waals surface area contributed by atoms with E-state index in [1.165, 1.54) is 19.3 Å². The van der Waals surface area contributed by atoms with E-state index in [2.05, 4.69) is 67.7 Å². The van der Waals surface area contributed by atoms with Crippen molar-refractivity contribution in [2.45, 2.75) is 135 Å². The molecule has 0 aliphatic heterocycles. The second-order valence-corrected chi connectivity index (χ2v) is 14.1. The summed E-state index contributed by atoms with van der Waals surface area (Å²) in [5.41, 5.74) is 5.33. The van der Waals surface area contributed by atoms with Crippen molar-refractivity contribution in [2.75, 3.05) is 26.4 Å². The van der Waals surface area contributed by atoms with Crippen molar-refractivity contribution in [1.82, 2.24) is 0 Å². The van der Waals surface area contributed by atoms with Crippen LogP contribution in [0.1, 0.15) is 123 Å². The molecule has 3 atom stereocenters. The predicted octanol–water partition coefficient (Wildman–Crippen LogP) is 10.0. The Morgan fingerprint density at radius 1 is 0.648 bits per heavy atom. The third-order valence-corrected chi connectivity index (χ3v) is 8.60. The number of hydrogen-bond donors (Lipinski definition) is 3. The summed E-state index contributed by atoms with van der Waals surface area (Å²) in [7, 11) is -4.41. The highest BCUT2D eigenvalue weighted by Gasteiger charge is 2.25. The van der Waals surface area contributed by atoms with Crippen LogP contribution < -0.4 is 5.73 Å². The van der Waals surface area contributed by atoms with Gasteiger partial charge in [-0.25, -0.2) is 4.57 Å². The summed E-state index contributed by atoms with van der Waals surface area (Å²) < 4.78 is 32.6. The number of carbonyl (C=O) groups excluding carboxylic acids is 2. The molecule has 0 saturated heterocycles. The van der Waals surface area contributed by atoms with Gasteiger partial charge in [0.05, 0.1) is 19.3 Å². The Labute approximate surface area is 326 Å². The Hall–Kier alpha value is -3.11. The molecule has 0 fully saturated rings. The quantitative estimate of drug-likeness (QED) is 0.0186. The van der Waals surface area contributed by atoms with Gasteiger partial charge in [0, 0.05) is 19.4 Å². The van der Waals surface area contributed by atoms with Crippen LogP contribution in [0, 0.1) is 0 Å². The van der Waals surface area contributed by atoms with E-state index in [-0.39, 0.29) is 38.7 Å². The summed E-state index contributed by atoms with van der Waals surface area (Å²) >= 11 is 0. The van der Waals surface area contributed by atoms with E-state index in [4.69, 9.17) is 24.3 Å². The first-order chi connectivity index (χ1) is 26.2. The normalized spacial score (nSPS) is 15.0. The summed E-state index contributed by atoms with van der Waals surface area (Å²) in [5.74, 6) is -0.974. The number of phosphoric ester groups is 1. The molecule has 4 N–H and O–H groups in total. The number of nitrogens with two attached hydrogens (primary N) is 1. The lowest BCUT2D eigenvalue weighted by atomic mass is 10.1. The molecule has 0 aromatic carbocycles. The first kappa shape index (κ1) is 50.9. The number of ether oxygens (including phenoxy) is 2. The van der Waals surface area contributed by atoms with E-state index in [0.29, 0.717) is 25.7 Å². The molecule has 0 aliphatic carbocycles. The fraction of sp³-hybridized carbons (Fsp3) is 0.581. The molecule has 0 aromatic rings. The maximum atomic E-state index is 12.5. The van der Waals surface area contributed by atoms with Gasteiger partial charge in [0.25, 0.3) is 0 Å². The molecule has 0 aromatic heterocycles. The van der Waals surface area contributed by atoms with Gasteiger partial charge in [-0.3, -0.25) is 18.6 Å². The number of hydrogen-bond acceptors (Lipinski definition) is 9. The molecule has 0 rings (SSSR count). The van der Waals surface area contributed by atoms with Crippen LogP contribution in [0.5, 0.6) is 0 Å². The summed E-state index contributed by atoms with van der Waals surface area (Å²) in [6.45, 7) is 3.21. The van der Waals surface area contributed by atoms with Crippen LogP contribution in [0.25, 0.3) is 0 Å². The van der Waals surface area contributed by atoms with Gasteiger partial charge in [-0.15, -0.1) is 0 Å². The SMILES string of the molecule is CCCCC/C=C\C/C=C\C/C=C\CCCCC(=O)OC[C@H](COP(=O)(O)OCCN)OC(=O)CCC/C=C\C/C=C\C/C=C\C/C=C\C=C\[C@H](O)CC. The van der Waals surface area contributed by atoms with Crippen molar-refractivity contribution in [3.8, 4) is 0 Å². The Morgan fingerprint density at radius 2 is 1.17 bits per heavy atom. The molecule has 0 radical (unpaired) electrons. The van der Waals surface area contributed by atoms with E-state index in [0.717, 1.165) is 51.4 Å². The van der Waals surface area contributed by atoms with E-state index in [1.807, 2.05) is 37.3 Å². The molecule has 0 spiro atoms. The maximum absolute atomic E-state index is 12.5. The van der Waals surface area contributed by atoms with E-state index >= 15 is 0 Å². The Bertz CT molecular complexity index is 1220. The summed E-state index contributed by atoms with van der Waals surface area (Å²) in [4.78, 5) is 34.7. The van der Waals surface area contributed by atoms with Crippen molar-refractivity contribution in [3.63, 3.8) is 0 Å². The Balaban J connectivity index is 4.42. The van der Waals surface area contributed by atoms with E-state index in [1.54, 1.807) is 6.08 Å². The first-order valence-electron chi connectivity index (χ1n) is 19.8. The Morgan fingerprint density at radius 3 is 1.72 bits per heavy atom. The molecular weight excluding hydrogens is 705 g/mol. The molecule has 0 bridgehead atoms. The van der Waals surface area contributed by atoms with Crippen LogP contribution >= 0.6 is 7.82 Å². The number of aliphatic hydroxyl groups is 1. The minimum atomic E-state index is -4.41. The standard InChI is InChI=1S/C43H70NO9P/c1-3-5-6-7-8-9-10-11-12-16-19-22-25-28-31-34-42(46)50-38-41(39-52-54(48,49)51-37-36-44)53-43(47)35-32-29-26-23-20-17-14-13-15-18-21-24-27-30-33-40(45)4-2/h8-9,11-12,14-15,17-19,22-24,26-27,30,33,40-41,45H,3-7,10,13,16,20-21,25,28-29,31-32,34-39,44H2,1-2H3,(H,48,49)/b9-8-,12-11-,17-14-,18-15-,22-19-,26-23-,27-24-,33-30+/t40-,41-/m1/s1. The lowest BCUT2D eigenvalue weighted by Crippen LogP contribution is -2.29. The highest BCUT2D eigenvalue weighted by atomic mass is 31.2. The van der Waals surface area contributed by atoms with Crippen molar-refractivity contribution in [3.05, 3.63) is 97.2 Å². The lowest BCUT2D eigenvalue weighted by Gasteiger charge is -2.19. The molecule has 54 heavy (non-hydrogen) atoms. The number of allylic oxidation sites excluding steroid dienone is 15. The third kappa shape index (κ3) is 37.2.